The van der Waals surface area contributed by atoms with Crippen LogP contribution in [0.3, 0.4) is 0 Å². The van der Waals surface area contributed by atoms with E-state index in [9.17, 15) is 4.39 Å². The Bertz CT molecular complexity index is 350. The van der Waals surface area contributed by atoms with E-state index in [2.05, 4.69) is 5.92 Å². The van der Waals surface area contributed by atoms with Gasteiger partial charge in [0, 0.05) is 6.07 Å². The minimum atomic E-state index is -0.304. The second kappa shape index (κ2) is 4.66. The van der Waals surface area contributed by atoms with Gasteiger partial charge in [-0.1, -0.05) is 25.8 Å². The summed E-state index contributed by atoms with van der Waals surface area (Å²) in [6.45, 7) is 4.22. The summed E-state index contributed by atoms with van der Waals surface area (Å²) < 4.78 is 18.2. The fourth-order valence-electron chi connectivity index (χ4n) is 1.23. The zero-order valence-corrected chi connectivity index (χ0v) is 8.38. The molecule has 2 heteroatoms. The maximum Gasteiger partial charge on any atom is 0.148 e. The first-order valence-electron chi connectivity index (χ1n) is 4.51. The van der Waals surface area contributed by atoms with Crippen molar-refractivity contribution in [1.82, 2.24) is 0 Å². The summed E-state index contributed by atoms with van der Waals surface area (Å²) >= 11 is 0. The van der Waals surface area contributed by atoms with E-state index in [0.717, 1.165) is 5.56 Å². The quantitative estimate of drug-likeness (QED) is 0.669. The first-order valence-corrected chi connectivity index (χ1v) is 4.51. The Kier molecular flexibility index (Phi) is 3.53. The summed E-state index contributed by atoms with van der Waals surface area (Å²) in [7, 11) is 0. The van der Waals surface area contributed by atoms with Crippen LogP contribution in [-0.4, -0.2) is 6.61 Å². The first-order chi connectivity index (χ1) is 6.65. The van der Waals surface area contributed by atoms with Crippen molar-refractivity contribution in [2.75, 3.05) is 6.61 Å². The molecule has 0 aliphatic carbocycles. The van der Waals surface area contributed by atoms with Gasteiger partial charge in [0.05, 0.1) is 0 Å². The third-order valence-electron chi connectivity index (χ3n) is 1.91. The van der Waals surface area contributed by atoms with Crippen molar-refractivity contribution in [3.63, 3.8) is 0 Å². The van der Waals surface area contributed by atoms with E-state index in [4.69, 9.17) is 11.2 Å². The van der Waals surface area contributed by atoms with Crippen LogP contribution in [-0.2, 0) is 0 Å². The molecular weight excluding hydrogens is 179 g/mol. The van der Waals surface area contributed by atoms with E-state index in [0.29, 0.717) is 11.7 Å². The smallest absolute Gasteiger partial charge is 0.148 e. The number of terminal acetylenes is 1. The molecule has 0 N–H and O–H groups in total. The molecule has 0 aliphatic heterocycles. The van der Waals surface area contributed by atoms with Crippen molar-refractivity contribution >= 4 is 0 Å². The van der Waals surface area contributed by atoms with Crippen LogP contribution in [0.25, 0.3) is 0 Å². The summed E-state index contributed by atoms with van der Waals surface area (Å²) in [6, 6.07) is 4.52. The van der Waals surface area contributed by atoms with Crippen molar-refractivity contribution in [2.24, 2.45) is 0 Å². The van der Waals surface area contributed by atoms with Crippen LogP contribution in [0.15, 0.2) is 18.2 Å². The Balaban J connectivity index is 2.98. The van der Waals surface area contributed by atoms with Gasteiger partial charge in [-0.2, -0.15) is 0 Å². The summed E-state index contributed by atoms with van der Waals surface area (Å²) in [4.78, 5) is 0. The van der Waals surface area contributed by atoms with Crippen molar-refractivity contribution in [3.05, 3.63) is 29.6 Å². The lowest BCUT2D eigenvalue weighted by Gasteiger charge is -2.12. The molecule has 0 saturated carbocycles. The van der Waals surface area contributed by atoms with E-state index >= 15 is 0 Å². The predicted octanol–water partition coefficient (Wildman–Crippen LogP) is 2.96. The van der Waals surface area contributed by atoms with E-state index in [1.807, 2.05) is 13.8 Å². The summed E-state index contributed by atoms with van der Waals surface area (Å²) in [5.74, 6) is 2.89. The van der Waals surface area contributed by atoms with Gasteiger partial charge in [-0.05, 0) is 17.5 Å². The molecule has 1 rings (SSSR count). The number of hydrogen-bond donors (Lipinski definition) is 0. The van der Waals surface area contributed by atoms with E-state index in [1.165, 1.54) is 12.1 Å². The molecule has 0 atom stereocenters. The van der Waals surface area contributed by atoms with E-state index < -0.39 is 0 Å². The third kappa shape index (κ3) is 2.50. The normalized spacial score (nSPS) is 9.93. The predicted molar refractivity (Wildman–Crippen MR) is 54.8 cm³/mol. The average Bonchev–Trinajstić information content (AvgIpc) is 2.14. The Hall–Kier alpha value is -1.49. The minimum absolute atomic E-state index is 0.170. The molecule has 14 heavy (non-hydrogen) atoms. The second-order valence-corrected chi connectivity index (χ2v) is 3.33. The van der Waals surface area contributed by atoms with Gasteiger partial charge >= 0.3 is 0 Å². The highest BCUT2D eigenvalue weighted by molar-refractivity contribution is 5.36. The largest absolute Gasteiger partial charge is 0.481 e. The Morgan fingerprint density at radius 2 is 2.21 bits per heavy atom. The number of ether oxygens (including phenoxy) is 1. The van der Waals surface area contributed by atoms with Crippen LogP contribution in [0.4, 0.5) is 4.39 Å². The molecule has 1 nitrogen and oxygen atoms in total. The van der Waals surface area contributed by atoms with Crippen molar-refractivity contribution in [3.8, 4) is 18.1 Å². The topological polar surface area (TPSA) is 9.23 Å². The molecular formula is C12H13FO. The number of benzene rings is 1. The SMILES string of the molecule is C#CCOc1cc(F)ccc1C(C)C. The van der Waals surface area contributed by atoms with Gasteiger partial charge in [0.15, 0.2) is 0 Å². The molecule has 0 radical (unpaired) electrons. The lowest BCUT2D eigenvalue weighted by molar-refractivity contribution is 0.362. The zero-order valence-electron chi connectivity index (χ0n) is 8.38. The second-order valence-electron chi connectivity index (χ2n) is 3.33. The minimum Gasteiger partial charge on any atom is -0.481 e. The standard InChI is InChI=1S/C12H13FO/c1-4-7-14-12-8-10(13)5-6-11(12)9(2)3/h1,5-6,8-9H,7H2,2-3H3. The maximum absolute atomic E-state index is 12.9. The van der Waals surface area contributed by atoms with Crippen LogP contribution in [0.2, 0.25) is 0 Å². The highest BCUT2D eigenvalue weighted by Gasteiger charge is 2.08. The van der Waals surface area contributed by atoms with E-state index in [1.54, 1.807) is 6.07 Å². The number of rotatable bonds is 3. The molecule has 0 bridgehead atoms. The third-order valence-corrected chi connectivity index (χ3v) is 1.91. The molecule has 0 amide bonds. The first kappa shape index (κ1) is 10.6. The van der Waals surface area contributed by atoms with Gasteiger partial charge in [0.2, 0.25) is 0 Å². The number of halogens is 1. The van der Waals surface area contributed by atoms with Crippen molar-refractivity contribution < 1.29 is 9.13 Å². The van der Waals surface area contributed by atoms with E-state index in [-0.39, 0.29) is 12.4 Å². The van der Waals surface area contributed by atoms with Gasteiger partial charge in [0.1, 0.15) is 18.2 Å². The molecule has 0 heterocycles. The van der Waals surface area contributed by atoms with Gasteiger partial charge in [0.25, 0.3) is 0 Å². The van der Waals surface area contributed by atoms with Crippen LogP contribution in [0.1, 0.15) is 25.3 Å². The molecule has 0 spiro atoms. The highest BCUT2D eigenvalue weighted by atomic mass is 19.1. The Labute approximate surface area is 83.9 Å². The summed E-state index contributed by atoms with van der Waals surface area (Å²) in [6.07, 6.45) is 5.07. The van der Waals surface area contributed by atoms with Crippen molar-refractivity contribution in [2.45, 2.75) is 19.8 Å². The zero-order chi connectivity index (χ0) is 10.6. The monoisotopic (exact) mass is 192 g/mol. The number of hydrogen-bond acceptors (Lipinski definition) is 1. The fraction of sp³-hybridized carbons (Fsp3) is 0.333. The lowest BCUT2D eigenvalue weighted by atomic mass is 10.0. The molecule has 1 aromatic rings. The van der Waals surface area contributed by atoms with Gasteiger partial charge in [-0.15, -0.1) is 6.42 Å². The van der Waals surface area contributed by atoms with Crippen LogP contribution in [0.5, 0.6) is 5.75 Å². The maximum atomic E-state index is 12.9. The lowest BCUT2D eigenvalue weighted by Crippen LogP contribution is -1.99. The van der Waals surface area contributed by atoms with Crippen LogP contribution in [0, 0.1) is 18.2 Å². The molecule has 0 fully saturated rings. The summed E-state index contributed by atoms with van der Waals surface area (Å²) in [5.41, 5.74) is 0.974. The fourth-order valence-corrected chi connectivity index (χ4v) is 1.23. The molecule has 0 aromatic heterocycles. The van der Waals surface area contributed by atoms with Gasteiger partial charge < -0.3 is 4.74 Å². The molecule has 0 aliphatic rings. The van der Waals surface area contributed by atoms with Crippen LogP contribution >= 0.6 is 0 Å². The Morgan fingerprint density at radius 3 is 2.79 bits per heavy atom. The molecule has 74 valence electrons. The van der Waals surface area contributed by atoms with Crippen molar-refractivity contribution in [1.29, 1.82) is 0 Å². The summed E-state index contributed by atoms with van der Waals surface area (Å²) in [5, 5.41) is 0. The highest BCUT2D eigenvalue weighted by Crippen LogP contribution is 2.26. The Morgan fingerprint density at radius 1 is 1.50 bits per heavy atom. The van der Waals surface area contributed by atoms with Gasteiger partial charge in [-0.3, -0.25) is 0 Å². The molecule has 0 saturated heterocycles. The molecule has 1 aromatic carbocycles. The molecule has 0 unspecified atom stereocenters. The average molecular weight is 192 g/mol. The van der Waals surface area contributed by atoms with Crippen LogP contribution < -0.4 is 4.74 Å². The van der Waals surface area contributed by atoms with Gasteiger partial charge in [-0.25, -0.2) is 4.39 Å².